The third kappa shape index (κ3) is 25.3. The first kappa shape index (κ1) is 96.1. The van der Waals surface area contributed by atoms with E-state index in [0.717, 1.165) is 89.0 Å². The molecule has 112 heavy (non-hydrogen) atoms. The number of fused-ring (bicyclic) bond motifs is 12. The molecule has 0 fully saturated rings. The summed E-state index contributed by atoms with van der Waals surface area (Å²) in [5.41, 5.74) is 11.9. The van der Waals surface area contributed by atoms with Gasteiger partial charge in [0.25, 0.3) is 0 Å². The Morgan fingerprint density at radius 2 is 0.330 bits per heavy atom. The van der Waals surface area contributed by atoms with Crippen molar-refractivity contribution in [2.24, 2.45) is 0 Å². The van der Waals surface area contributed by atoms with Gasteiger partial charge in [0.15, 0.2) is 0 Å². The van der Waals surface area contributed by atoms with Crippen molar-refractivity contribution in [3.8, 4) is 34.5 Å². The number of phenols is 1. The van der Waals surface area contributed by atoms with Gasteiger partial charge in [0, 0.05) is 97.6 Å². The Kier molecular flexibility index (Phi) is 33.5. The Morgan fingerprint density at radius 3 is 0.438 bits per heavy atom. The molecule has 0 amide bonds. The average molecular weight is 1730 g/mol. The molecule has 0 heterocycles. The van der Waals surface area contributed by atoms with E-state index in [1.54, 1.807) is 0 Å². The Morgan fingerprint density at radius 1 is 0.223 bits per heavy atom. The Labute approximate surface area is 698 Å². The monoisotopic (exact) mass is 1730 g/mol. The normalized spacial score (nSPS) is 14.1. The molecule has 6 aromatic rings. The van der Waals surface area contributed by atoms with Crippen LogP contribution >= 0.6 is 33.6 Å². The van der Waals surface area contributed by atoms with Crippen LogP contribution in [0.25, 0.3) is 0 Å². The average Bonchev–Trinajstić information content (AvgIpc) is 0.761. The molecule has 624 valence electrons. The lowest BCUT2D eigenvalue weighted by Crippen LogP contribution is -2.17. The predicted octanol–water partition coefficient (Wildman–Crippen LogP) is 25.4. The van der Waals surface area contributed by atoms with Crippen LogP contribution in [0.5, 0.6) is 34.5 Å². The molecule has 0 spiro atoms. The van der Waals surface area contributed by atoms with E-state index in [1.807, 2.05) is 69.2 Å². The largest absolute Gasteiger partial charge is 0.507 e. The van der Waals surface area contributed by atoms with Crippen molar-refractivity contribution in [3.63, 3.8) is 0 Å². The second-order valence-electron chi connectivity index (χ2n) is 34.2. The summed E-state index contributed by atoms with van der Waals surface area (Å²) in [5.74, 6) is 2.33. The van der Waals surface area contributed by atoms with Crippen LogP contribution in [-0.4, -0.2) is 71.2 Å². The van der Waals surface area contributed by atoms with Gasteiger partial charge in [-0.2, -0.15) is 0 Å². The molecule has 0 aliphatic heterocycles. The summed E-state index contributed by atoms with van der Waals surface area (Å²) in [6.07, 6.45) is 1.05. The number of phenolic OH excluding ortho intramolecular Hbond substituents is 1. The predicted molar refractivity (Wildman–Crippen MR) is 480 cm³/mol. The van der Waals surface area contributed by atoms with E-state index in [1.165, 1.54) is 0 Å². The van der Waals surface area contributed by atoms with Gasteiger partial charge in [-0.25, -0.2) is 0 Å². The van der Waals surface area contributed by atoms with E-state index in [9.17, 15) is 5.11 Å². The molecule has 0 unspecified atom stereocenters. The third-order valence-electron chi connectivity index (χ3n) is 18.9. The maximum Gasteiger partial charge on any atom is 0.380 e. The van der Waals surface area contributed by atoms with Crippen LogP contribution in [-0.2, 0) is 175 Å². The highest BCUT2D eigenvalue weighted by molar-refractivity contribution is 8.09. The van der Waals surface area contributed by atoms with E-state index in [2.05, 4.69) is 197 Å². The minimum absolute atomic E-state index is 0.0820. The maximum atomic E-state index is 13.7. The van der Waals surface area contributed by atoms with E-state index in [-0.39, 0.29) is 110 Å². The number of hydrogen-bond donors (Lipinski definition) is 1. The molecule has 1 aliphatic carbocycles. The fourth-order valence-corrected chi connectivity index (χ4v) is 23.8. The van der Waals surface area contributed by atoms with Crippen molar-refractivity contribution < 1.29 is 73.0 Å². The van der Waals surface area contributed by atoms with Gasteiger partial charge in [-0.05, 0) is 202 Å². The SMILES string of the molecule is CCOP(=S)(OCC)Oc1c2cc(C(C)(C)C)cc1Cc1cc(C(C)(C)C)cc(c1OP(=S)(OCC)OCC)Cc1cc(C(C)(C)C)cc(c1OP(=S)(OCC)OCC)Cc1cc(C(C)(C)C)cc(c1OP(=S)(OCC)OCC)Cc1cc(C(C)(C)C)cc(c1OP(=S)(OCC)OCC)Cc1cc(C(C)(C)C)cc(c1O)C2. The van der Waals surface area contributed by atoms with E-state index in [4.69, 9.17) is 127 Å². The standard InChI is InChI=1S/C86H129O16P5S5/c1-29-88-103(108,89-30-2)98-76-59-39-57-45-69(81(11,12)13)46-58(75(57)87)40-60-48-71(83(17,18)19)50-62(77(60)99-104(109,90-31-3)91-32-4)42-64-52-73(85(23,24)25)54-66(79(64)101-106(111,94-35-7)95-36-8)44-68-56-74(86(26,27)28)55-67(80(68)102-107(112,96-37-9)97-38-10)43-65-53-72(84(20,21)22)51-63(41-61(76)49-70(47-59)82(14,15)16)78(65)100-105(110,92-33-5)93-34-6/h45-56,87H,29-44H2,1-28H3. The molecule has 1 aliphatic rings. The van der Waals surface area contributed by atoms with Crippen LogP contribution in [0.2, 0.25) is 0 Å². The van der Waals surface area contributed by atoms with Crippen molar-refractivity contribution >= 4 is 92.6 Å². The van der Waals surface area contributed by atoms with Crippen molar-refractivity contribution in [1.82, 2.24) is 0 Å². The zero-order chi connectivity index (χ0) is 83.8. The van der Waals surface area contributed by atoms with E-state index >= 15 is 0 Å². The third-order valence-corrected chi connectivity index (χ3v) is 30.9. The summed E-state index contributed by atoms with van der Waals surface area (Å²) >= 11 is 32.5. The molecule has 0 saturated carbocycles. The van der Waals surface area contributed by atoms with Crippen LogP contribution < -0.4 is 22.6 Å². The summed E-state index contributed by atoms with van der Waals surface area (Å²) in [4.78, 5) is 0. The zero-order valence-electron chi connectivity index (χ0n) is 72.1. The fraction of sp³-hybridized carbons (Fsp3) is 0.581. The number of hydrogen-bond acceptors (Lipinski definition) is 21. The molecule has 0 saturated heterocycles. The van der Waals surface area contributed by atoms with Gasteiger partial charge >= 0.3 is 33.6 Å². The Balaban J connectivity index is 1.90. The summed E-state index contributed by atoms with van der Waals surface area (Å²) in [6, 6.07) is 26.2. The number of benzene rings is 6. The maximum absolute atomic E-state index is 13.7. The highest BCUT2D eigenvalue weighted by Crippen LogP contribution is 2.60. The second kappa shape index (κ2) is 39.0. The Bertz CT molecular complexity index is 4240. The van der Waals surface area contributed by atoms with Gasteiger partial charge in [-0.3, -0.25) is 45.2 Å². The lowest BCUT2D eigenvalue weighted by Gasteiger charge is -2.31. The highest BCUT2D eigenvalue weighted by atomic mass is 32.5. The van der Waals surface area contributed by atoms with Gasteiger partial charge < -0.3 is 27.7 Å². The summed E-state index contributed by atoms with van der Waals surface area (Å²) < 4.78 is 102. The van der Waals surface area contributed by atoms with Crippen LogP contribution in [0.4, 0.5) is 0 Å². The highest BCUT2D eigenvalue weighted by Gasteiger charge is 2.38. The lowest BCUT2D eigenvalue weighted by atomic mass is 9.79. The first-order chi connectivity index (χ1) is 51.9. The molecule has 26 heteroatoms. The van der Waals surface area contributed by atoms with Gasteiger partial charge in [0.05, 0.1) is 66.1 Å². The first-order valence-corrected chi connectivity index (χ1v) is 52.3. The van der Waals surface area contributed by atoms with Crippen molar-refractivity contribution in [2.45, 2.75) is 265 Å². The zero-order valence-corrected chi connectivity index (χ0v) is 80.6. The summed E-state index contributed by atoms with van der Waals surface area (Å²) in [5, 5.41) is 13.7. The first-order valence-electron chi connectivity index (χ1n) is 39.5. The van der Waals surface area contributed by atoms with Crippen LogP contribution in [0.1, 0.15) is 294 Å². The quantitative estimate of drug-likeness (QED) is 0.0423. The smallest absolute Gasteiger partial charge is 0.380 e. The van der Waals surface area contributed by atoms with Crippen LogP contribution in [0, 0.1) is 0 Å². The van der Waals surface area contributed by atoms with Crippen molar-refractivity contribution in [3.05, 3.63) is 173 Å². The minimum atomic E-state index is -3.65. The molecule has 0 atom stereocenters. The van der Waals surface area contributed by atoms with Gasteiger partial charge in [-0.1, -0.05) is 197 Å². The number of rotatable bonds is 30. The molecule has 12 bridgehead atoms. The number of aromatic hydroxyl groups is 1. The van der Waals surface area contributed by atoms with Crippen LogP contribution in [0.15, 0.2) is 72.8 Å². The molecule has 16 nitrogen and oxygen atoms in total. The molecular formula is C86H129O16P5S5. The minimum Gasteiger partial charge on any atom is -0.507 e. The molecule has 0 radical (unpaired) electrons. The Hall–Kier alpha value is -3.03. The van der Waals surface area contributed by atoms with E-state index < -0.39 is 66.1 Å². The van der Waals surface area contributed by atoms with Crippen molar-refractivity contribution in [1.29, 1.82) is 0 Å². The molecule has 1 N–H and O–H groups in total. The second-order valence-corrected chi connectivity index (χ2v) is 48.9. The van der Waals surface area contributed by atoms with Gasteiger partial charge in [0.1, 0.15) is 34.5 Å². The van der Waals surface area contributed by atoms with Crippen LogP contribution in [0.3, 0.4) is 0 Å². The van der Waals surface area contributed by atoms with E-state index in [0.29, 0.717) is 39.9 Å². The summed E-state index contributed by atoms with van der Waals surface area (Å²) in [6.45, 7) is 42.4. The van der Waals surface area contributed by atoms with Gasteiger partial charge in [0.2, 0.25) is 0 Å². The molecular weight excluding hydrogens is 1600 g/mol. The summed E-state index contributed by atoms with van der Waals surface area (Å²) in [7, 11) is 0. The van der Waals surface area contributed by atoms with Gasteiger partial charge in [-0.15, -0.1) is 0 Å². The fourth-order valence-electron chi connectivity index (χ4n) is 13.1. The van der Waals surface area contributed by atoms with Crippen molar-refractivity contribution in [2.75, 3.05) is 66.1 Å². The topological polar surface area (TPSA) is 159 Å². The molecule has 7 rings (SSSR count). The lowest BCUT2D eigenvalue weighted by molar-refractivity contribution is 0.215. The molecule has 6 aromatic carbocycles. The molecule has 0 aromatic heterocycles.